The van der Waals surface area contributed by atoms with Gasteiger partial charge in [-0.15, -0.1) is 0 Å². The van der Waals surface area contributed by atoms with Gasteiger partial charge >= 0.3 is 0 Å². The fourth-order valence-electron chi connectivity index (χ4n) is 7.83. The van der Waals surface area contributed by atoms with Crippen LogP contribution in [0, 0.1) is 11.8 Å². The molecule has 2 saturated carbocycles. The molecule has 3 nitrogen and oxygen atoms in total. The molecule has 5 rings (SSSR count). The van der Waals surface area contributed by atoms with Gasteiger partial charge in [0.1, 0.15) is 0 Å². The first-order chi connectivity index (χ1) is 18.2. The van der Waals surface area contributed by atoms with Crippen molar-refractivity contribution >= 4 is 5.91 Å². The van der Waals surface area contributed by atoms with Gasteiger partial charge in [-0.05, 0) is 93.3 Å². The van der Waals surface area contributed by atoms with Crippen LogP contribution in [0.2, 0.25) is 0 Å². The molecule has 3 aliphatic rings. The quantitative estimate of drug-likeness (QED) is 0.357. The molecule has 1 amide bonds. The molecule has 2 aromatic carbocycles. The second kappa shape index (κ2) is 13.1. The lowest BCUT2D eigenvalue weighted by Crippen LogP contribution is -2.46. The van der Waals surface area contributed by atoms with E-state index in [2.05, 4.69) is 70.5 Å². The van der Waals surface area contributed by atoms with Crippen molar-refractivity contribution in [2.24, 2.45) is 11.8 Å². The van der Waals surface area contributed by atoms with Crippen LogP contribution >= 0.6 is 0 Å². The van der Waals surface area contributed by atoms with Gasteiger partial charge in [0.05, 0.1) is 0 Å². The maximum absolute atomic E-state index is 12.9. The molecule has 2 aliphatic carbocycles. The number of nitrogens with zero attached hydrogens (tertiary/aromatic N) is 2. The minimum atomic E-state index is 0.306. The standard InChI is InChI=1S/C34H48N2O/c1-27(37)36(32-18-9-4-10-19-32)33-24-31(34(25-33)30-16-7-3-8-17-30)26-35-22-20-29(21-23-35)15-11-14-28-12-5-2-6-13-28/h2-3,5-8,12-13,16-17,29,31-34H,4,9-11,14-15,18-26H2,1H3/t31-,33?,34-/m1/s1. The van der Waals surface area contributed by atoms with Crippen molar-refractivity contribution in [1.29, 1.82) is 0 Å². The zero-order chi connectivity index (χ0) is 25.5. The van der Waals surface area contributed by atoms with E-state index >= 15 is 0 Å². The Hall–Kier alpha value is -2.13. The van der Waals surface area contributed by atoms with E-state index in [4.69, 9.17) is 0 Å². The highest BCUT2D eigenvalue weighted by Gasteiger charge is 2.41. The molecule has 1 unspecified atom stereocenters. The van der Waals surface area contributed by atoms with Gasteiger partial charge in [0.2, 0.25) is 5.91 Å². The Morgan fingerprint density at radius 2 is 1.51 bits per heavy atom. The maximum Gasteiger partial charge on any atom is 0.219 e. The highest BCUT2D eigenvalue weighted by atomic mass is 16.2. The van der Waals surface area contributed by atoms with Gasteiger partial charge in [-0.2, -0.15) is 0 Å². The molecule has 200 valence electrons. The number of carbonyl (C=O) groups excluding carboxylic acids is 1. The molecule has 0 aromatic heterocycles. The number of likely N-dealkylation sites (tertiary alicyclic amines) is 1. The number of aryl methyl sites for hydroxylation is 1. The lowest BCUT2D eigenvalue weighted by Gasteiger charge is -2.38. The zero-order valence-electron chi connectivity index (χ0n) is 23.1. The summed E-state index contributed by atoms with van der Waals surface area (Å²) in [7, 11) is 0. The highest BCUT2D eigenvalue weighted by Crippen LogP contribution is 2.44. The SMILES string of the molecule is CC(=O)N(C1CCCCC1)C1C[C@H](CN2CCC(CCCc3ccccc3)CC2)[C@@H](c2ccccc2)C1. The summed E-state index contributed by atoms with van der Waals surface area (Å²) in [5.41, 5.74) is 2.97. The summed E-state index contributed by atoms with van der Waals surface area (Å²) in [6, 6.07) is 23.0. The Balaban J connectivity index is 1.17. The Bertz CT molecular complexity index is 946. The summed E-state index contributed by atoms with van der Waals surface area (Å²) in [4.78, 5) is 18.0. The molecule has 0 radical (unpaired) electrons. The molecular formula is C34H48N2O. The Labute approximate surface area is 225 Å². The summed E-state index contributed by atoms with van der Waals surface area (Å²) < 4.78 is 0. The maximum atomic E-state index is 12.9. The van der Waals surface area contributed by atoms with Crippen molar-refractivity contribution in [3.8, 4) is 0 Å². The molecule has 37 heavy (non-hydrogen) atoms. The average molecular weight is 501 g/mol. The second-order valence-electron chi connectivity index (χ2n) is 12.2. The fraction of sp³-hybridized carbons (Fsp3) is 0.618. The van der Waals surface area contributed by atoms with E-state index in [1.165, 1.54) is 101 Å². The van der Waals surface area contributed by atoms with Crippen molar-refractivity contribution in [1.82, 2.24) is 9.80 Å². The van der Waals surface area contributed by atoms with Crippen molar-refractivity contribution in [2.75, 3.05) is 19.6 Å². The fourth-order valence-corrected chi connectivity index (χ4v) is 7.83. The van der Waals surface area contributed by atoms with Crippen molar-refractivity contribution in [3.63, 3.8) is 0 Å². The predicted octanol–water partition coefficient (Wildman–Crippen LogP) is 7.46. The van der Waals surface area contributed by atoms with E-state index < -0.39 is 0 Å². The van der Waals surface area contributed by atoms with E-state index in [1.54, 1.807) is 0 Å². The largest absolute Gasteiger partial charge is 0.337 e. The van der Waals surface area contributed by atoms with Crippen molar-refractivity contribution < 1.29 is 4.79 Å². The van der Waals surface area contributed by atoms with Gasteiger partial charge in [0.15, 0.2) is 0 Å². The first-order valence-electron chi connectivity index (χ1n) is 15.3. The molecule has 3 fully saturated rings. The Kier molecular flexibility index (Phi) is 9.37. The second-order valence-corrected chi connectivity index (χ2v) is 12.2. The van der Waals surface area contributed by atoms with Gasteiger partial charge in [-0.1, -0.05) is 86.3 Å². The normalized spacial score (nSPS) is 25.8. The highest BCUT2D eigenvalue weighted by molar-refractivity contribution is 5.74. The third-order valence-corrected chi connectivity index (χ3v) is 9.74. The molecule has 1 heterocycles. The van der Waals surface area contributed by atoms with E-state index in [9.17, 15) is 4.79 Å². The van der Waals surface area contributed by atoms with Crippen molar-refractivity contribution in [2.45, 2.75) is 102 Å². The minimum absolute atomic E-state index is 0.306. The Morgan fingerprint density at radius 3 is 2.19 bits per heavy atom. The zero-order valence-corrected chi connectivity index (χ0v) is 23.1. The first-order valence-corrected chi connectivity index (χ1v) is 15.3. The summed E-state index contributed by atoms with van der Waals surface area (Å²) in [6.45, 7) is 5.51. The van der Waals surface area contributed by atoms with Gasteiger partial charge in [0.25, 0.3) is 0 Å². The van der Waals surface area contributed by atoms with E-state index in [0.29, 0.717) is 29.8 Å². The van der Waals surface area contributed by atoms with Crippen LogP contribution in [0.15, 0.2) is 60.7 Å². The number of amides is 1. The predicted molar refractivity (Wildman–Crippen MR) is 154 cm³/mol. The van der Waals surface area contributed by atoms with Gasteiger partial charge in [-0.25, -0.2) is 0 Å². The van der Waals surface area contributed by atoms with Crippen LogP contribution in [-0.4, -0.2) is 47.4 Å². The molecule has 0 bridgehead atoms. The number of hydrogen-bond acceptors (Lipinski definition) is 2. The van der Waals surface area contributed by atoms with Crippen LogP contribution < -0.4 is 0 Å². The van der Waals surface area contributed by atoms with Crippen LogP contribution in [0.4, 0.5) is 0 Å². The molecule has 1 aliphatic heterocycles. The van der Waals surface area contributed by atoms with Crippen LogP contribution in [0.3, 0.4) is 0 Å². The topological polar surface area (TPSA) is 23.6 Å². The third-order valence-electron chi connectivity index (χ3n) is 9.74. The average Bonchev–Trinajstić information content (AvgIpc) is 3.34. The smallest absolute Gasteiger partial charge is 0.219 e. The number of piperidine rings is 1. The molecule has 3 atom stereocenters. The molecule has 0 N–H and O–H groups in total. The lowest BCUT2D eigenvalue weighted by atomic mass is 9.87. The van der Waals surface area contributed by atoms with Gasteiger partial charge < -0.3 is 9.80 Å². The molecule has 3 heteroatoms. The van der Waals surface area contributed by atoms with E-state index in [-0.39, 0.29) is 0 Å². The Morgan fingerprint density at radius 1 is 0.838 bits per heavy atom. The summed E-state index contributed by atoms with van der Waals surface area (Å²) >= 11 is 0. The van der Waals surface area contributed by atoms with Gasteiger partial charge in [-0.3, -0.25) is 4.79 Å². The number of benzene rings is 2. The van der Waals surface area contributed by atoms with Crippen molar-refractivity contribution in [3.05, 3.63) is 71.8 Å². The monoisotopic (exact) mass is 500 g/mol. The third kappa shape index (κ3) is 7.05. The summed E-state index contributed by atoms with van der Waals surface area (Å²) in [5, 5.41) is 0. The van der Waals surface area contributed by atoms with Crippen LogP contribution in [-0.2, 0) is 11.2 Å². The summed E-state index contributed by atoms with van der Waals surface area (Å²) in [5.74, 6) is 2.41. The molecule has 2 aromatic rings. The number of hydrogen-bond donors (Lipinski definition) is 0. The number of carbonyl (C=O) groups is 1. The molecule has 1 saturated heterocycles. The molecule has 0 spiro atoms. The minimum Gasteiger partial charge on any atom is -0.337 e. The number of rotatable bonds is 9. The lowest BCUT2D eigenvalue weighted by molar-refractivity contribution is -0.134. The van der Waals surface area contributed by atoms with Gasteiger partial charge in [0, 0.05) is 25.6 Å². The van der Waals surface area contributed by atoms with E-state index in [1.807, 2.05) is 6.92 Å². The van der Waals surface area contributed by atoms with Crippen LogP contribution in [0.25, 0.3) is 0 Å². The van der Waals surface area contributed by atoms with E-state index in [0.717, 1.165) is 12.3 Å². The first kappa shape index (κ1) is 26.5. The molecular weight excluding hydrogens is 452 g/mol. The van der Waals surface area contributed by atoms with Crippen LogP contribution in [0.5, 0.6) is 0 Å². The van der Waals surface area contributed by atoms with Crippen LogP contribution in [0.1, 0.15) is 94.6 Å². The summed E-state index contributed by atoms with van der Waals surface area (Å²) in [6.07, 6.45) is 15.2.